The molecule has 7 nitrogen and oxygen atoms in total. The smallest absolute Gasteiger partial charge is 0.475 e. The minimum absolute atomic E-state index is 0.248. The number of carboxylic acids is 1. The van der Waals surface area contributed by atoms with E-state index in [0.717, 1.165) is 11.3 Å². The first-order valence-corrected chi connectivity index (χ1v) is 8.27. The number of nitrogens with zero attached hydrogens (tertiary/aromatic N) is 2. The molecule has 1 aromatic carbocycles. The number of carbonyl (C=O) groups is 2. The van der Waals surface area contributed by atoms with Crippen LogP contribution in [0.2, 0.25) is 0 Å². The van der Waals surface area contributed by atoms with Crippen LogP contribution in [0.1, 0.15) is 16.2 Å². The van der Waals surface area contributed by atoms with Crippen molar-refractivity contribution in [2.24, 2.45) is 0 Å². The molecule has 0 unspecified atom stereocenters. The summed E-state index contributed by atoms with van der Waals surface area (Å²) in [7, 11) is 0. The molecule has 3 rings (SSSR count). The van der Waals surface area contributed by atoms with E-state index in [9.17, 15) is 18.0 Å². The number of halogens is 3. The molecular formula is C19H16F3N3O4. The summed E-state index contributed by atoms with van der Waals surface area (Å²) < 4.78 is 36.9. The first kappa shape index (κ1) is 21.6. The predicted octanol–water partition coefficient (Wildman–Crippen LogP) is 3.34. The summed E-state index contributed by atoms with van der Waals surface area (Å²) in [5.41, 5.74) is 2.11. The lowest BCUT2D eigenvalue weighted by Gasteiger charge is -2.02. The number of carboxylic acid groups (broad SMARTS) is 1. The van der Waals surface area contributed by atoms with Crippen LogP contribution in [0.25, 0.3) is 11.3 Å². The lowest BCUT2D eigenvalue weighted by atomic mass is 10.1. The molecule has 2 heterocycles. The first-order valence-electron chi connectivity index (χ1n) is 8.27. The van der Waals surface area contributed by atoms with Crippen LogP contribution >= 0.6 is 0 Å². The summed E-state index contributed by atoms with van der Waals surface area (Å²) in [4.78, 5) is 25.1. The van der Waals surface area contributed by atoms with Gasteiger partial charge in [-0.05, 0) is 12.1 Å². The van der Waals surface area contributed by atoms with Gasteiger partial charge < -0.3 is 14.9 Å². The topological polar surface area (TPSA) is 105 Å². The molecule has 2 N–H and O–H groups in total. The third-order valence-electron chi connectivity index (χ3n) is 3.44. The average molecular weight is 407 g/mol. The summed E-state index contributed by atoms with van der Waals surface area (Å²) in [5, 5.41) is 13.8. The zero-order valence-electron chi connectivity index (χ0n) is 14.9. The van der Waals surface area contributed by atoms with Gasteiger partial charge in [-0.1, -0.05) is 41.6 Å². The Morgan fingerprint density at radius 1 is 1.07 bits per heavy atom. The van der Waals surface area contributed by atoms with Crippen molar-refractivity contribution in [3.8, 4) is 11.3 Å². The number of aliphatic carboxylic acids is 1. The average Bonchev–Trinajstić information content (AvgIpc) is 3.20. The maximum atomic E-state index is 12.0. The molecular weight excluding hydrogens is 391 g/mol. The normalized spacial score (nSPS) is 10.6. The molecule has 0 fully saturated rings. The molecule has 0 radical (unpaired) electrons. The van der Waals surface area contributed by atoms with Crippen LogP contribution in [-0.2, 0) is 11.2 Å². The highest BCUT2D eigenvalue weighted by Crippen LogP contribution is 2.19. The molecule has 0 saturated carbocycles. The Bertz CT molecular complexity index is 929. The molecule has 1 amide bonds. The van der Waals surface area contributed by atoms with Crippen LogP contribution in [0, 0.1) is 0 Å². The van der Waals surface area contributed by atoms with Crippen molar-refractivity contribution in [3.05, 3.63) is 72.2 Å². The first-order chi connectivity index (χ1) is 13.8. The maximum Gasteiger partial charge on any atom is 0.490 e. The van der Waals surface area contributed by atoms with Gasteiger partial charge in [0.1, 0.15) is 0 Å². The summed E-state index contributed by atoms with van der Waals surface area (Å²) in [6, 6.07) is 16.9. The van der Waals surface area contributed by atoms with Gasteiger partial charge in [0.05, 0.1) is 0 Å². The van der Waals surface area contributed by atoms with Crippen LogP contribution in [0.15, 0.2) is 65.3 Å². The Morgan fingerprint density at radius 3 is 2.31 bits per heavy atom. The predicted molar refractivity (Wildman–Crippen MR) is 95.9 cm³/mol. The fraction of sp³-hybridized carbons (Fsp3) is 0.158. The second kappa shape index (κ2) is 10.0. The largest absolute Gasteiger partial charge is 0.490 e. The monoisotopic (exact) mass is 407 g/mol. The van der Waals surface area contributed by atoms with E-state index in [1.165, 1.54) is 0 Å². The lowest BCUT2D eigenvalue weighted by Crippen LogP contribution is -2.26. The van der Waals surface area contributed by atoms with E-state index >= 15 is 0 Å². The van der Waals surface area contributed by atoms with E-state index in [2.05, 4.69) is 15.5 Å². The van der Waals surface area contributed by atoms with Gasteiger partial charge >= 0.3 is 12.1 Å². The second-order valence-corrected chi connectivity index (χ2v) is 5.57. The van der Waals surface area contributed by atoms with Crippen LogP contribution in [0.5, 0.6) is 0 Å². The van der Waals surface area contributed by atoms with Crippen LogP contribution in [0.4, 0.5) is 13.2 Å². The molecule has 3 aromatic rings. The minimum atomic E-state index is -5.08. The fourth-order valence-corrected chi connectivity index (χ4v) is 2.06. The molecule has 0 aliphatic carbocycles. The van der Waals surface area contributed by atoms with E-state index in [0.29, 0.717) is 18.7 Å². The van der Waals surface area contributed by atoms with E-state index in [4.69, 9.17) is 14.4 Å². The Labute approximate surface area is 163 Å². The molecule has 0 aliphatic heterocycles. The standard InChI is InChI=1S/C17H15N3O2.C2HF3O2/c21-17(19-11-9-14-8-4-5-10-18-14)15-12-16(22-20-15)13-6-2-1-3-7-13;3-2(4,5)1(6)7/h1-8,10,12H,9,11H2,(H,19,21);(H,6,7). The summed E-state index contributed by atoms with van der Waals surface area (Å²) in [5.74, 6) is -2.43. The van der Waals surface area contributed by atoms with Gasteiger partial charge in [0, 0.05) is 36.5 Å². The number of nitrogens with one attached hydrogen (secondary N) is 1. The number of rotatable bonds is 5. The van der Waals surface area contributed by atoms with Gasteiger partial charge in [-0.15, -0.1) is 0 Å². The van der Waals surface area contributed by atoms with Crippen LogP contribution < -0.4 is 5.32 Å². The molecule has 10 heteroatoms. The van der Waals surface area contributed by atoms with Gasteiger partial charge in [-0.25, -0.2) is 4.79 Å². The molecule has 0 atom stereocenters. The van der Waals surface area contributed by atoms with Crippen molar-refractivity contribution in [3.63, 3.8) is 0 Å². The third-order valence-corrected chi connectivity index (χ3v) is 3.44. The lowest BCUT2D eigenvalue weighted by molar-refractivity contribution is -0.192. The number of alkyl halides is 3. The number of carbonyl (C=O) groups excluding carboxylic acids is 1. The molecule has 0 spiro atoms. The number of amides is 1. The van der Waals surface area contributed by atoms with Crippen molar-refractivity contribution in [2.45, 2.75) is 12.6 Å². The quantitative estimate of drug-likeness (QED) is 0.672. The molecule has 0 bridgehead atoms. The van der Waals surface area contributed by atoms with Gasteiger partial charge in [-0.2, -0.15) is 13.2 Å². The van der Waals surface area contributed by atoms with E-state index < -0.39 is 12.1 Å². The van der Waals surface area contributed by atoms with Crippen molar-refractivity contribution in [1.82, 2.24) is 15.5 Å². The zero-order valence-corrected chi connectivity index (χ0v) is 14.9. The Balaban J connectivity index is 0.000000370. The van der Waals surface area contributed by atoms with Crippen LogP contribution in [-0.4, -0.2) is 39.8 Å². The Morgan fingerprint density at radius 2 is 1.72 bits per heavy atom. The SMILES string of the molecule is O=C(NCCc1ccccn1)c1cc(-c2ccccc2)on1.O=C(O)C(F)(F)F. The Hall–Kier alpha value is -3.69. The summed E-state index contributed by atoms with van der Waals surface area (Å²) in [6.45, 7) is 0.503. The highest BCUT2D eigenvalue weighted by molar-refractivity contribution is 5.93. The van der Waals surface area contributed by atoms with Crippen molar-refractivity contribution in [1.29, 1.82) is 0 Å². The number of aromatic nitrogens is 2. The highest BCUT2D eigenvalue weighted by Gasteiger charge is 2.38. The summed E-state index contributed by atoms with van der Waals surface area (Å²) in [6.07, 6.45) is -2.67. The zero-order chi connectivity index (χ0) is 21.3. The molecule has 2 aromatic heterocycles. The number of hydrogen-bond donors (Lipinski definition) is 2. The molecule has 152 valence electrons. The summed E-state index contributed by atoms with van der Waals surface area (Å²) >= 11 is 0. The second-order valence-electron chi connectivity index (χ2n) is 5.57. The van der Waals surface area contributed by atoms with Gasteiger partial charge in [0.2, 0.25) is 0 Å². The molecule has 0 aliphatic rings. The van der Waals surface area contributed by atoms with Crippen LogP contribution in [0.3, 0.4) is 0 Å². The van der Waals surface area contributed by atoms with E-state index in [1.54, 1.807) is 12.3 Å². The van der Waals surface area contributed by atoms with E-state index in [1.807, 2.05) is 48.5 Å². The third kappa shape index (κ3) is 7.09. The maximum absolute atomic E-state index is 12.0. The molecule has 29 heavy (non-hydrogen) atoms. The minimum Gasteiger partial charge on any atom is -0.475 e. The fourth-order valence-electron chi connectivity index (χ4n) is 2.06. The number of hydrogen-bond acceptors (Lipinski definition) is 5. The molecule has 0 saturated heterocycles. The van der Waals surface area contributed by atoms with Crippen molar-refractivity contribution < 1.29 is 32.4 Å². The highest BCUT2D eigenvalue weighted by atomic mass is 19.4. The van der Waals surface area contributed by atoms with Crippen molar-refractivity contribution >= 4 is 11.9 Å². The Kier molecular flexibility index (Phi) is 7.47. The number of pyridine rings is 1. The van der Waals surface area contributed by atoms with Gasteiger partial charge in [-0.3, -0.25) is 9.78 Å². The van der Waals surface area contributed by atoms with Gasteiger partial charge in [0.25, 0.3) is 5.91 Å². The van der Waals surface area contributed by atoms with Gasteiger partial charge in [0.15, 0.2) is 11.5 Å². The van der Waals surface area contributed by atoms with E-state index in [-0.39, 0.29) is 11.6 Å². The number of benzene rings is 1. The van der Waals surface area contributed by atoms with Crippen molar-refractivity contribution in [2.75, 3.05) is 6.54 Å².